The molecule has 9 heteroatoms. The van der Waals surface area contributed by atoms with Gasteiger partial charge in [0, 0.05) is 25.1 Å². The zero-order valence-corrected chi connectivity index (χ0v) is 12.6. The molecular formula is C13H15N3O5S. The van der Waals surface area contributed by atoms with Crippen LogP contribution in [0.3, 0.4) is 0 Å². The van der Waals surface area contributed by atoms with Crippen LogP contribution < -0.4 is 0 Å². The molecule has 0 radical (unpaired) electrons. The first-order valence-corrected chi connectivity index (χ1v) is 8.59. The highest BCUT2D eigenvalue weighted by Gasteiger charge is 2.32. The second-order valence-electron chi connectivity index (χ2n) is 5.39. The van der Waals surface area contributed by atoms with E-state index in [-0.39, 0.29) is 11.0 Å². The summed E-state index contributed by atoms with van der Waals surface area (Å²) in [4.78, 5) is 0. The fourth-order valence-electron chi connectivity index (χ4n) is 2.32. The van der Waals surface area contributed by atoms with Crippen molar-refractivity contribution in [1.29, 1.82) is 0 Å². The van der Waals surface area contributed by atoms with Gasteiger partial charge >= 0.3 is 0 Å². The van der Waals surface area contributed by atoms with Crippen molar-refractivity contribution in [2.45, 2.75) is 23.9 Å². The number of ether oxygens (including phenoxy) is 1. The number of aromatic nitrogens is 2. The molecule has 4 rings (SSSR count). The molecule has 1 aliphatic heterocycles. The monoisotopic (exact) mass is 325 g/mol. The lowest BCUT2D eigenvalue weighted by atomic mass is 10.3. The van der Waals surface area contributed by atoms with Gasteiger partial charge in [-0.25, -0.2) is 8.42 Å². The van der Waals surface area contributed by atoms with Crippen molar-refractivity contribution in [2.24, 2.45) is 0 Å². The van der Waals surface area contributed by atoms with Gasteiger partial charge in [0.2, 0.25) is 11.0 Å². The van der Waals surface area contributed by atoms with Gasteiger partial charge in [0.15, 0.2) is 0 Å². The quantitative estimate of drug-likeness (QED) is 0.833. The molecule has 22 heavy (non-hydrogen) atoms. The van der Waals surface area contributed by atoms with Gasteiger partial charge in [-0.1, -0.05) is 0 Å². The van der Waals surface area contributed by atoms with Gasteiger partial charge in [-0.3, -0.25) is 0 Å². The fourth-order valence-corrected chi connectivity index (χ4v) is 3.65. The van der Waals surface area contributed by atoms with E-state index >= 15 is 0 Å². The maximum atomic E-state index is 12.5. The van der Waals surface area contributed by atoms with Crippen LogP contribution >= 0.6 is 0 Å². The molecule has 0 unspecified atom stereocenters. The first kappa shape index (κ1) is 13.9. The number of hydrogen-bond donors (Lipinski definition) is 0. The van der Waals surface area contributed by atoms with Crippen LogP contribution in [0.5, 0.6) is 0 Å². The SMILES string of the molecule is O=S(=O)(c1cc(-c2nnc(C3CC3)o2)co1)N1CCOCC1. The van der Waals surface area contributed by atoms with E-state index in [0.29, 0.717) is 43.7 Å². The van der Waals surface area contributed by atoms with Crippen molar-refractivity contribution >= 4 is 10.0 Å². The van der Waals surface area contributed by atoms with Gasteiger partial charge in [0.05, 0.1) is 18.8 Å². The maximum absolute atomic E-state index is 12.5. The number of furan rings is 1. The summed E-state index contributed by atoms with van der Waals surface area (Å²) in [5, 5.41) is 7.82. The Bertz CT molecular complexity index is 771. The largest absolute Gasteiger partial charge is 0.451 e. The van der Waals surface area contributed by atoms with Crippen LogP contribution in [-0.2, 0) is 14.8 Å². The van der Waals surface area contributed by atoms with Gasteiger partial charge in [0.1, 0.15) is 6.26 Å². The smallest absolute Gasteiger partial charge is 0.276 e. The van der Waals surface area contributed by atoms with E-state index in [1.807, 2.05) is 0 Å². The Morgan fingerprint density at radius 2 is 1.95 bits per heavy atom. The molecule has 0 N–H and O–H groups in total. The average Bonchev–Trinajstić information content (AvgIpc) is 3.06. The van der Waals surface area contributed by atoms with E-state index in [0.717, 1.165) is 12.8 Å². The normalized spacial score (nSPS) is 20.4. The maximum Gasteiger partial charge on any atom is 0.276 e. The fraction of sp³-hybridized carbons (Fsp3) is 0.538. The van der Waals surface area contributed by atoms with Gasteiger partial charge in [-0.05, 0) is 12.8 Å². The van der Waals surface area contributed by atoms with Crippen molar-refractivity contribution < 1.29 is 22.0 Å². The number of rotatable bonds is 4. The molecule has 0 atom stereocenters. The van der Waals surface area contributed by atoms with E-state index in [2.05, 4.69) is 10.2 Å². The summed E-state index contributed by atoms with van der Waals surface area (Å²) in [5.74, 6) is 1.24. The molecule has 1 saturated carbocycles. The van der Waals surface area contributed by atoms with Crippen molar-refractivity contribution in [3.8, 4) is 11.5 Å². The summed E-state index contributed by atoms with van der Waals surface area (Å²) in [7, 11) is -3.65. The standard InChI is InChI=1S/C13H15N3O5S/c17-22(18,16-3-5-19-6-4-16)11-7-10(8-20-11)13-15-14-12(21-13)9-1-2-9/h7-9H,1-6H2. The highest BCUT2D eigenvalue weighted by Crippen LogP contribution is 2.40. The number of morpholine rings is 1. The molecule has 0 bridgehead atoms. The highest BCUT2D eigenvalue weighted by molar-refractivity contribution is 7.89. The van der Waals surface area contributed by atoms with E-state index < -0.39 is 10.0 Å². The van der Waals surface area contributed by atoms with E-state index in [9.17, 15) is 8.42 Å². The summed E-state index contributed by atoms with van der Waals surface area (Å²) >= 11 is 0. The summed E-state index contributed by atoms with van der Waals surface area (Å²) < 4.78 is 42.2. The van der Waals surface area contributed by atoms with Crippen LogP contribution in [0.4, 0.5) is 0 Å². The van der Waals surface area contributed by atoms with E-state index in [1.165, 1.54) is 16.6 Å². The minimum atomic E-state index is -3.65. The summed E-state index contributed by atoms with van der Waals surface area (Å²) in [6.45, 7) is 1.43. The molecule has 1 aliphatic carbocycles. The zero-order chi connectivity index (χ0) is 15.2. The van der Waals surface area contributed by atoms with E-state index in [4.69, 9.17) is 13.6 Å². The Kier molecular flexibility index (Phi) is 3.28. The number of nitrogens with zero attached hydrogens (tertiary/aromatic N) is 3. The zero-order valence-electron chi connectivity index (χ0n) is 11.8. The molecule has 8 nitrogen and oxygen atoms in total. The molecule has 118 valence electrons. The molecule has 3 heterocycles. The predicted octanol–water partition coefficient (Wildman–Crippen LogP) is 1.23. The lowest BCUT2D eigenvalue weighted by Crippen LogP contribution is -2.40. The van der Waals surface area contributed by atoms with Crippen LogP contribution in [0.2, 0.25) is 0 Å². The van der Waals surface area contributed by atoms with Gasteiger partial charge in [0.25, 0.3) is 15.9 Å². The second-order valence-corrected chi connectivity index (χ2v) is 7.26. The Morgan fingerprint density at radius 1 is 1.18 bits per heavy atom. The molecule has 2 fully saturated rings. The molecule has 2 aliphatic rings. The Balaban J connectivity index is 1.59. The highest BCUT2D eigenvalue weighted by atomic mass is 32.2. The Morgan fingerprint density at radius 3 is 2.68 bits per heavy atom. The Labute approximate surface area is 127 Å². The molecule has 0 amide bonds. The van der Waals surface area contributed by atoms with Gasteiger partial charge in [-0.15, -0.1) is 10.2 Å². The van der Waals surface area contributed by atoms with Crippen molar-refractivity contribution in [3.05, 3.63) is 18.2 Å². The van der Waals surface area contributed by atoms with Crippen LogP contribution in [0.25, 0.3) is 11.5 Å². The lowest BCUT2D eigenvalue weighted by molar-refractivity contribution is 0.0724. The van der Waals surface area contributed by atoms with Crippen molar-refractivity contribution in [1.82, 2.24) is 14.5 Å². The minimum absolute atomic E-state index is 0.115. The summed E-state index contributed by atoms with van der Waals surface area (Å²) in [5.41, 5.74) is 0.478. The van der Waals surface area contributed by atoms with Crippen LogP contribution in [0, 0.1) is 0 Å². The van der Waals surface area contributed by atoms with Crippen molar-refractivity contribution in [2.75, 3.05) is 26.3 Å². The predicted molar refractivity (Wildman–Crippen MR) is 73.6 cm³/mol. The van der Waals surface area contributed by atoms with Crippen LogP contribution in [-0.4, -0.2) is 49.2 Å². The molecule has 0 spiro atoms. The summed E-state index contributed by atoms with van der Waals surface area (Å²) in [6.07, 6.45) is 3.45. The third-order valence-corrected chi connectivity index (χ3v) is 5.52. The number of hydrogen-bond acceptors (Lipinski definition) is 7. The van der Waals surface area contributed by atoms with Crippen LogP contribution in [0.1, 0.15) is 24.7 Å². The molecule has 0 aromatic carbocycles. The molecule has 2 aromatic heterocycles. The summed E-state index contributed by atoms with van der Waals surface area (Å²) in [6, 6.07) is 1.43. The molecule has 2 aromatic rings. The van der Waals surface area contributed by atoms with Gasteiger partial charge < -0.3 is 13.6 Å². The van der Waals surface area contributed by atoms with E-state index in [1.54, 1.807) is 0 Å². The Hall–Kier alpha value is -1.71. The minimum Gasteiger partial charge on any atom is -0.451 e. The second kappa shape index (κ2) is 5.18. The third kappa shape index (κ3) is 2.44. The first-order valence-electron chi connectivity index (χ1n) is 7.15. The number of sulfonamides is 1. The van der Waals surface area contributed by atoms with Crippen LogP contribution in [0.15, 0.2) is 26.3 Å². The lowest BCUT2D eigenvalue weighted by Gasteiger charge is -2.24. The molecule has 1 saturated heterocycles. The molecular weight excluding hydrogens is 310 g/mol. The third-order valence-electron chi connectivity index (χ3n) is 3.75. The topological polar surface area (TPSA) is 98.7 Å². The van der Waals surface area contributed by atoms with Crippen molar-refractivity contribution in [3.63, 3.8) is 0 Å². The van der Waals surface area contributed by atoms with Gasteiger partial charge in [-0.2, -0.15) is 4.31 Å². The first-order chi connectivity index (χ1) is 10.6. The average molecular weight is 325 g/mol.